The summed E-state index contributed by atoms with van der Waals surface area (Å²) < 4.78 is 22.5. The maximum absolute atomic E-state index is 13.9. The van der Waals surface area contributed by atoms with E-state index >= 15 is 0 Å². The van der Waals surface area contributed by atoms with Crippen LogP contribution in [-0.4, -0.2) is 15.8 Å². The molecule has 0 fully saturated rings. The van der Waals surface area contributed by atoms with E-state index in [1.54, 1.807) is 19.2 Å². The monoisotopic (exact) mass is 321 g/mol. The number of rotatable bonds is 2. The first-order valence-corrected chi connectivity index (χ1v) is 6.19. The number of aromatic nitrogens is 2. The predicted molar refractivity (Wildman–Crippen MR) is 67.6 cm³/mol. The molecule has 0 spiro atoms. The first-order valence-electron chi connectivity index (χ1n) is 4.29. The summed E-state index contributed by atoms with van der Waals surface area (Å²) in [5.74, 6) is 0.0440. The highest BCUT2D eigenvalue weighted by Gasteiger charge is 2.17. The minimum Gasteiger partial charge on any atom is -0.370 e. The molecule has 7 heteroatoms. The molecule has 2 aromatic rings. The molecule has 0 saturated carbocycles. The summed E-state index contributed by atoms with van der Waals surface area (Å²) in [5, 5.41) is 2.90. The summed E-state index contributed by atoms with van der Waals surface area (Å²) in [6.45, 7) is 0. The molecule has 0 amide bonds. The second-order valence-electron chi connectivity index (χ2n) is 2.93. The van der Waals surface area contributed by atoms with E-state index in [1.165, 1.54) is 0 Å². The Labute approximate surface area is 109 Å². The van der Waals surface area contributed by atoms with Crippen molar-refractivity contribution in [3.63, 3.8) is 0 Å². The van der Waals surface area contributed by atoms with Crippen LogP contribution in [0.3, 0.4) is 0 Å². The van der Waals surface area contributed by atoms with Gasteiger partial charge in [0.05, 0.1) is 16.8 Å². The Morgan fingerprint density at radius 3 is 2.88 bits per heavy atom. The van der Waals surface area contributed by atoms with E-state index in [-0.39, 0.29) is 5.02 Å². The fraction of sp³-hybridized carbons (Fsp3) is 0.111. The highest BCUT2D eigenvalue weighted by molar-refractivity contribution is 9.10. The van der Waals surface area contributed by atoms with Gasteiger partial charge in [-0.05, 0) is 28.1 Å². The van der Waals surface area contributed by atoms with Gasteiger partial charge in [0.15, 0.2) is 11.6 Å². The van der Waals surface area contributed by atoms with Gasteiger partial charge in [-0.1, -0.05) is 11.6 Å². The molecule has 0 saturated heterocycles. The van der Waals surface area contributed by atoms with E-state index in [0.717, 1.165) is 11.7 Å². The van der Waals surface area contributed by atoms with Crippen LogP contribution in [0, 0.1) is 5.82 Å². The van der Waals surface area contributed by atoms with Crippen LogP contribution in [0.15, 0.2) is 16.6 Å². The van der Waals surface area contributed by atoms with E-state index in [2.05, 4.69) is 30.0 Å². The number of hydrogen-bond acceptors (Lipinski definition) is 4. The molecule has 0 radical (unpaired) electrons. The van der Waals surface area contributed by atoms with Crippen molar-refractivity contribution in [1.82, 2.24) is 8.75 Å². The van der Waals surface area contributed by atoms with Gasteiger partial charge in [0, 0.05) is 17.1 Å². The van der Waals surface area contributed by atoms with Gasteiger partial charge in [0.1, 0.15) is 5.69 Å². The van der Waals surface area contributed by atoms with Crippen molar-refractivity contribution < 1.29 is 4.39 Å². The normalized spacial score (nSPS) is 10.5. The zero-order valence-electron chi connectivity index (χ0n) is 8.09. The van der Waals surface area contributed by atoms with Crippen LogP contribution in [0.1, 0.15) is 0 Å². The number of hydrogen-bond donors (Lipinski definition) is 1. The van der Waals surface area contributed by atoms with Crippen LogP contribution in [0.25, 0.3) is 11.3 Å². The molecule has 0 bridgehead atoms. The molecule has 0 aliphatic carbocycles. The molecule has 16 heavy (non-hydrogen) atoms. The Bertz CT molecular complexity index is 531. The van der Waals surface area contributed by atoms with E-state index in [4.69, 9.17) is 11.6 Å². The molecule has 1 heterocycles. The number of anilines is 1. The largest absolute Gasteiger partial charge is 0.370 e. The van der Waals surface area contributed by atoms with Crippen LogP contribution in [-0.2, 0) is 0 Å². The van der Waals surface area contributed by atoms with Gasteiger partial charge in [-0.3, -0.25) is 0 Å². The summed E-state index contributed by atoms with van der Waals surface area (Å²) in [5.41, 5.74) is 0.811. The Balaban J connectivity index is 2.61. The fourth-order valence-corrected chi connectivity index (χ4v) is 2.28. The van der Waals surface area contributed by atoms with Crippen LogP contribution in [0.5, 0.6) is 0 Å². The van der Waals surface area contributed by atoms with Crippen LogP contribution in [0.4, 0.5) is 10.2 Å². The standard InChI is InChI=1S/C9H6BrClFN3S/c1-13-9-8(14-16-15-9)4-2-3-5(10)6(11)7(4)12/h2-3H,1H3,(H,13,15). The van der Waals surface area contributed by atoms with Crippen molar-refractivity contribution in [2.75, 3.05) is 12.4 Å². The van der Waals surface area contributed by atoms with Crippen molar-refractivity contribution in [2.24, 2.45) is 0 Å². The molecule has 1 aromatic heterocycles. The zero-order chi connectivity index (χ0) is 11.7. The Kier molecular flexibility index (Phi) is 3.41. The third-order valence-electron chi connectivity index (χ3n) is 2.02. The van der Waals surface area contributed by atoms with Crippen molar-refractivity contribution in [2.45, 2.75) is 0 Å². The lowest BCUT2D eigenvalue weighted by atomic mass is 10.1. The zero-order valence-corrected chi connectivity index (χ0v) is 11.2. The topological polar surface area (TPSA) is 37.8 Å². The van der Waals surface area contributed by atoms with Crippen molar-refractivity contribution in [3.8, 4) is 11.3 Å². The van der Waals surface area contributed by atoms with Crippen molar-refractivity contribution in [3.05, 3.63) is 27.4 Å². The van der Waals surface area contributed by atoms with Crippen LogP contribution < -0.4 is 5.32 Å². The van der Waals surface area contributed by atoms with Crippen LogP contribution in [0.2, 0.25) is 5.02 Å². The van der Waals surface area contributed by atoms with Gasteiger partial charge in [0.25, 0.3) is 0 Å². The molecular formula is C9H6BrClFN3S. The van der Waals surface area contributed by atoms with Gasteiger partial charge in [-0.25, -0.2) is 4.39 Å². The predicted octanol–water partition coefficient (Wildman–Crippen LogP) is 3.80. The number of nitrogens with one attached hydrogen (secondary N) is 1. The summed E-state index contributed by atoms with van der Waals surface area (Å²) in [7, 11) is 1.71. The minimum atomic E-state index is -0.500. The maximum Gasteiger partial charge on any atom is 0.167 e. The van der Waals surface area contributed by atoms with Gasteiger partial charge in [-0.15, -0.1) is 0 Å². The van der Waals surface area contributed by atoms with Gasteiger partial charge < -0.3 is 5.32 Å². The lowest BCUT2D eigenvalue weighted by Gasteiger charge is -2.04. The molecule has 84 valence electrons. The van der Waals surface area contributed by atoms with Crippen molar-refractivity contribution >= 4 is 45.1 Å². The molecule has 1 aromatic carbocycles. The molecule has 0 aliphatic rings. The highest BCUT2D eigenvalue weighted by Crippen LogP contribution is 2.34. The Morgan fingerprint density at radius 2 is 2.19 bits per heavy atom. The number of benzene rings is 1. The third-order valence-corrected chi connectivity index (χ3v) is 3.80. The maximum atomic E-state index is 13.9. The van der Waals surface area contributed by atoms with Crippen molar-refractivity contribution in [1.29, 1.82) is 0 Å². The molecule has 1 N–H and O–H groups in total. The van der Waals surface area contributed by atoms with E-state index in [1.807, 2.05) is 0 Å². The average Bonchev–Trinajstić information content (AvgIpc) is 2.74. The van der Waals surface area contributed by atoms with E-state index in [0.29, 0.717) is 21.5 Å². The molecule has 3 nitrogen and oxygen atoms in total. The lowest BCUT2D eigenvalue weighted by Crippen LogP contribution is -1.93. The molecule has 0 atom stereocenters. The molecule has 0 aliphatic heterocycles. The fourth-order valence-electron chi connectivity index (χ4n) is 1.24. The quantitative estimate of drug-likeness (QED) is 0.855. The number of nitrogens with zero attached hydrogens (tertiary/aromatic N) is 2. The number of halogens is 3. The molecular weight excluding hydrogens is 317 g/mol. The average molecular weight is 323 g/mol. The van der Waals surface area contributed by atoms with Gasteiger partial charge >= 0.3 is 0 Å². The molecule has 0 unspecified atom stereocenters. The second kappa shape index (κ2) is 4.65. The van der Waals surface area contributed by atoms with Gasteiger partial charge in [-0.2, -0.15) is 8.75 Å². The summed E-state index contributed by atoms with van der Waals surface area (Å²) >= 11 is 9.99. The third kappa shape index (κ3) is 1.92. The molecule has 2 rings (SSSR count). The Hall–Kier alpha value is -0.720. The summed E-state index contributed by atoms with van der Waals surface area (Å²) in [4.78, 5) is 0. The first-order chi connectivity index (χ1) is 7.65. The minimum absolute atomic E-state index is 0.0487. The van der Waals surface area contributed by atoms with E-state index < -0.39 is 5.82 Å². The summed E-state index contributed by atoms with van der Waals surface area (Å²) in [6.07, 6.45) is 0. The lowest BCUT2D eigenvalue weighted by molar-refractivity contribution is 0.630. The smallest absolute Gasteiger partial charge is 0.167 e. The Morgan fingerprint density at radius 1 is 1.44 bits per heavy atom. The highest BCUT2D eigenvalue weighted by atomic mass is 79.9. The van der Waals surface area contributed by atoms with Crippen LogP contribution >= 0.6 is 39.3 Å². The first kappa shape index (κ1) is 11.8. The summed E-state index contributed by atoms with van der Waals surface area (Å²) in [6, 6.07) is 3.29. The van der Waals surface area contributed by atoms with E-state index in [9.17, 15) is 4.39 Å². The SMILES string of the molecule is CNc1nsnc1-c1ccc(Br)c(Cl)c1F. The second-order valence-corrected chi connectivity index (χ2v) is 4.70. The van der Waals surface area contributed by atoms with Gasteiger partial charge in [0.2, 0.25) is 0 Å².